The number of aryl methyl sites for hydroxylation is 1. The van der Waals surface area contributed by atoms with E-state index in [2.05, 4.69) is 0 Å². The Bertz CT molecular complexity index is 1720. The molecule has 2 aliphatic carbocycles. The van der Waals surface area contributed by atoms with Crippen LogP contribution in [0.4, 0.5) is 11.4 Å². The molecular weight excluding hydrogens is 564 g/mol. The van der Waals surface area contributed by atoms with Crippen LogP contribution in [0.15, 0.2) is 84.4 Å². The zero-order valence-corrected chi connectivity index (χ0v) is 24.6. The first kappa shape index (κ1) is 27.6. The first-order valence-corrected chi connectivity index (χ1v) is 15.1. The van der Waals surface area contributed by atoms with Gasteiger partial charge in [0, 0.05) is 16.5 Å². The summed E-state index contributed by atoms with van der Waals surface area (Å²) in [6.07, 6.45) is 3.38. The molecule has 8 heteroatoms. The Labute approximate surface area is 254 Å². The highest BCUT2D eigenvalue weighted by atomic mass is 35.5. The smallest absolute Gasteiger partial charge is 0.241 e. The van der Waals surface area contributed by atoms with E-state index >= 15 is 0 Å². The summed E-state index contributed by atoms with van der Waals surface area (Å²) in [4.78, 5) is 59.1. The molecule has 4 amide bonds. The monoisotopic (exact) mass is 594 g/mol. The van der Waals surface area contributed by atoms with Gasteiger partial charge in [-0.2, -0.15) is 0 Å². The maximum absolute atomic E-state index is 14.4. The number of anilines is 2. The van der Waals surface area contributed by atoms with Gasteiger partial charge in [0.15, 0.2) is 0 Å². The van der Waals surface area contributed by atoms with Gasteiger partial charge < -0.3 is 5.11 Å². The number of imide groups is 2. The van der Waals surface area contributed by atoms with Crippen molar-refractivity contribution in [2.45, 2.75) is 39.0 Å². The molecule has 1 saturated carbocycles. The van der Waals surface area contributed by atoms with Crippen LogP contribution in [0.1, 0.15) is 43.7 Å². The lowest BCUT2D eigenvalue weighted by Gasteiger charge is -2.49. The second kappa shape index (κ2) is 9.91. The first-order chi connectivity index (χ1) is 20.7. The number of para-hydroxylation sites is 1. The Balaban J connectivity index is 1.36. The number of allylic oxidation sites excluding steroid dienone is 2. The van der Waals surface area contributed by atoms with Crippen LogP contribution in [-0.4, -0.2) is 28.7 Å². The van der Waals surface area contributed by atoms with Crippen LogP contribution in [0, 0.1) is 29.1 Å². The molecule has 4 aliphatic rings. The number of carbonyl (C=O) groups is 4. The lowest BCUT2D eigenvalue weighted by atomic mass is 9.51. The van der Waals surface area contributed by atoms with Crippen molar-refractivity contribution in [3.8, 4) is 5.75 Å². The number of halogens is 1. The normalized spacial score (nSPS) is 29.8. The van der Waals surface area contributed by atoms with Crippen molar-refractivity contribution in [1.29, 1.82) is 0 Å². The second-order valence-corrected chi connectivity index (χ2v) is 12.7. The molecule has 0 spiro atoms. The van der Waals surface area contributed by atoms with E-state index in [0.29, 0.717) is 28.4 Å². The molecule has 2 saturated heterocycles. The maximum atomic E-state index is 14.4. The number of nitrogens with zero attached hydrogens (tertiary/aromatic N) is 2. The SMILES string of the molecule is CCc1ccc(N2C(=O)[C@H]3[C@H](CC=C4[C@H]3C[C@H]3C(=O)N(c5ccccc5)C(=O)[C@@]3(C)[C@H]4c3cc(Cl)ccc3O)C2=O)cc1. The van der Waals surface area contributed by atoms with Gasteiger partial charge in [0.05, 0.1) is 34.5 Å². The molecular formula is C35H31ClN2O5. The van der Waals surface area contributed by atoms with Gasteiger partial charge in [0.1, 0.15) is 5.75 Å². The number of amides is 4. The molecule has 6 atom stereocenters. The van der Waals surface area contributed by atoms with Crippen molar-refractivity contribution in [2.24, 2.45) is 29.1 Å². The third kappa shape index (κ3) is 3.87. The zero-order chi connectivity index (χ0) is 30.2. The van der Waals surface area contributed by atoms with E-state index < -0.39 is 35.0 Å². The number of hydrogen-bond acceptors (Lipinski definition) is 5. The third-order valence-corrected chi connectivity index (χ3v) is 10.4. The van der Waals surface area contributed by atoms with E-state index in [1.807, 2.05) is 43.3 Å². The van der Waals surface area contributed by atoms with Gasteiger partial charge in [-0.3, -0.25) is 24.1 Å². The largest absolute Gasteiger partial charge is 0.508 e. The van der Waals surface area contributed by atoms with E-state index in [1.54, 1.807) is 43.3 Å². The topological polar surface area (TPSA) is 95.0 Å². The highest BCUT2D eigenvalue weighted by molar-refractivity contribution is 6.30. The Morgan fingerprint density at radius 2 is 1.56 bits per heavy atom. The highest BCUT2D eigenvalue weighted by Gasteiger charge is 2.68. The van der Waals surface area contributed by atoms with Gasteiger partial charge >= 0.3 is 0 Å². The van der Waals surface area contributed by atoms with E-state index in [0.717, 1.165) is 17.6 Å². The molecule has 3 aromatic carbocycles. The molecule has 3 aromatic rings. The predicted octanol–water partition coefficient (Wildman–Crippen LogP) is 6.04. The average Bonchev–Trinajstić information content (AvgIpc) is 3.38. The van der Waals surface area contributed by atoms with Gasteiger partial charge in [-0.15, -0.1) is 0 Å². The number of phenolic OH excluding ortho intramolecular Hbond substituents is 1. The van der Waals surface area contributed by atoms with Gasteiger partial charge in [0.25, 0.3) is 0 Å². The Morgan fingerprint density at radius 1 is 0.860 bits per heavy atom. The Hall–Kier alpha value is -4.23. The molecule has 2 aliphatic heterocycles. The van der Waals surface area contributed by atoms with Crippen LogP contribution < -0.4 is 9.80 Å². The summed E-state index contributed by atoms with van der Waals surface area (Å²) < 4.78 is 0. The predicted molar refractivity (Wildman–Crippen MR) is 162 cm³/mol. The van der Waals surface area contributed by atoms with E-state index in [4.69, 9.17) is 11.6 Å². The van der Waals surface area contributed by atoms with Crippen LogP contribution in [-0.2, 0) is 25.6 Å². The fourth-order valence-electron chi connectivity index (χ4n) is 8.07. The molecule has 7 rings (SSSR count). The fraction of sp³-hybridized carbons (Fsp3) is 0.314. The number of benzene rings is 3. The maximum Gasteiger partial charge on any atom is 0.241 e. The standard InChI is InChI=1S/C35H31ClN2O5/c1-3-19-9-12-22(13-10-19)37-31(40)24-15-14-23-25(29(24)33(37)42)18-27-32(41)38(21-7-5-4-6-8-21)34(43)35(27,2)30(23)26-17-20(36)11-16-28(26)39/h4-14,16-17,24-25,27,29-30,39H,3,15,18H2,1-2H3/t24-,25+,27-,29-,30+,35+/m0/s1. The molecule has 7 nitrogen and oxygen atoms in total. The highest BCUT2D eigenvalue weighted by Crippen LogP contribution is 2.64. The zero-order valence-electron chi connectivity index (χ0n) is 23.9. The molecule has 0 bridgehead atoms. The van der Waals surface area contributed by atoms with Crippen LogP contribution in [0.25, 0.3) is 0 Å². The summed E-state index contributed by atoms with van der Waals surface area (Å²) in [5.41, 5.74) is 2.12. The van der Waals surface area contributed by atoms with Crippen LogP contribution in [0.3, 0.4) is 0 Å². The molecule has 218 valence electrons. The average molecular weight is 595 g/mol. The summed E-state index contributed by atoms with van der Waals surface area (Å²) in [7, 11) is 0. The van der Waals surface area contributed by atoms with Gasteiger partial charge in [-0.1, -0.05) is 60.5 Å². The number of phenols is 1. The number of carbonyl (C=O) groups excluding carboxylic acids is 4. The second-order valence-electron chi connectivity index (χ2n) is 12.2. The Morgan fingerprint density at radius 3 is 2.26 bits per heavy atom. The van der Waals surface area contributed by atoms with Crippen molar-refractivity contribution in [2.75, 3.05) is 9.80 Å². The van der Waals surface area contributed by atoms with Crippen molar-refractivity contribution in [1.82, 2.24) is 0 Å². The molecule has 0 radical (unpaired) electrons. The van der Waals surface area contributed by atoms with Crippen molar-refractivity contribution >= 4 is 46.6 Å². The van der Waals surface area contributed by atoms with E-state index in [1.165, 1.54) is 15.9 Å². The number of hydrogen-bond donors (Lipinski definition) is 1. The van der Waals surface area contributed by atoms with Crippen LogP contribution in [0.2, 0.25) is 5.02 Å². The van der Waals surface area contributed by atoms with Crippen molar-refractivity contribution in [3.63, 3.8) is 0 Å². The van der Waals surface area contributed by atoms with Gasteiger partial charge in [0.2, 0.25) is 23.6 Å². The molecule has 2 heterocycles. The summed E-state index contributed by atoms with van der Waals surface area (Å²) in [5.74, 6) is -4.47. The fourth-order valence-corrected chi connectivity index (χ4v) is 8.25. The Kier molecular flexibility index (Phi) is 6.36. The molecule has 0 unspecified atom stereocenters. The molecule has 3 fully saturated rings. The number of aromatic hydroxyl groups is 1. The minimum absolute atomic E-state index is 0.0390. The summed E-state index contributed by atoms with van der Waals surface area (Å²) >= 11 is 6.43. The van der Waals surface area contributed by atoms with Crippen molar-refractivity contribution < 1.29 is 24.3 Å². The summed E-state index contributed by atoms with van der Waals surface area (Å²) in [6.45, 7) is 3.83. The van der Waals surface area contributed by atoms with E-state index in [9.17, 15) is 24.3 Å². The third-order valence-electron chi connectivity index (χ3n) is 10.2. The summed E-state index contributed by atoms with van der Waals surface area (Å²) in [5, 5.41) is 11.5. The number of fused-ring (bicyclic) bond motifs is 4. The lowest BCUT2D eigenvalue weighted by molar-refractivity contribution is -0.131. The quantitative estimate of drug-likeness (QED) is 0.293. The van der Waals surface area contributed by atoms with E-state index in [-0.39, 0.29) is 35.8 Å². The number of rotatable bonds is 4. The molecule has 43 heavy (non-hydrogen) atoms. The summed E-state index contributed by atoms with van der Waals surface area (Å²) in [6, 6.07) is 21.0. The van der Waals surface area contributed by atoms with Crippen LogP contribution in [0.5, 0.6) is 5.75 Å². The van der Waals surface area contributed by atoms with Crippen molar-refractivity contribution in [3.05, 3.63) is 101 Å². The van der Waals surface area contributed by atoms with Crippen LogP contribution >= 0.6 is 11.6 Å². The lowest BCUT2D eigenvalue weighted by Crippen LogP contribution is -2.48. The molecule has 1 N–H and O–H groups in total. The van der Waals surface area contributed by atoms with Gasteiger partial charge in [-0.25, -0.2) is 4.90 Å². The first-order valence-electron chi connectivity index (χ1n) is 14.7. The molecule has 0 aromatic heterocycles. The minimum Gasteiger partial charge on any atom is -0.508 e. The minimum atomic E-state index is -1.24. The van der Waals surface area contributed by atoms with Gasteiger partial charge in [-0.05, 0) is 80.1 Å².